The molecule has 0 aliphatic carbocycles. The fourth-order valence-electron chi connectivity index (χ4n) is 3.08. The van der Waals surface area contributed by atoms with Crippen molar-refractivity contribution in [1.82, 2.24) is 20.6 Å². The molecule has 0 saturated heterocycles. The molecule has 0 bridgehead atoms. The lowest BCUT2D eigenvalue weighted by atomic mass is 10.2. The number of hydrogen-bond acceptors (Lipinski definition) is 7. The van der Waals surface area contributed by atoms with Gasteiger partial charge in [0.2, 0.25) is 5.82 Å². The molecular weight excluding hydrogens is 422 g/mol. The maximum atomic E-state index is 12.8. The predicted octanol–water partition coefficient (Wildman–Crippen LogP) is 3.75. The Hall–Kier alpha value is -3.33. The molecular formula is C21H22ClN5O4. The molecule has 31 heavy (non-hydrogen) atoms. The number of nitrogens with zero attached hydrogens (tertiary/aromatic N) is 3. The molecule has 1 aliphatic heterocycles. The smallest absolute Gasteiger partial charge is 0.255 e. The van der Waals surface area contributed by atoms with Gasteiger partial charge in [0.05, 0.1) is 12.3 Å². The summed E-state index contributed by atoms with van der Waals surface area (Å²) in [6.45, 7) is 0.870. The Morgan fingerprint density at radius 3 is 2.84 bits per heavy atom. The van der Waals surface area contributed by atoms with Crippen LogP contribution in [0.15, 0.2) is 42.5 Å². The fraction of sp³-hybridized carbons (Fsp3) is 0.333. The van der Waals surface area contributed by atoms with E-state index in [9.17, 15) is 4.79 Å². The summed E-state index contributed by atoms with van der Waals surface area (Å²) in [6.07, 6.45) is 2.44. The summed E-state index contributed by atoms with van der Waals surface area (Å²) < 4.78 is 17.4. The average Bonchev–Trinajstić information content (AvgIpc) is 3.34. The largest absolute Gasteiger partial charge is 0.494 e. The first-order valence-corrected chi connectivity index (χ1v) is 10.5. The van der Waals surface area contributed by atoms with Crippen molar-refractivity contribution in [2.45, 2.75) is 25.4 Å². The highest BCUT2D eigenvalue weighted by atomic mass is 35.5. The SMILES string of the molecule is O=C(Nc1cccc2c1OC(c1nn[nH]n1)CO2)c1ccc(OCCCCCCl)cc1. The lowest BCUT2D eigenvalue weighted by Gasteiger charge is -2.26. The number of nitrogens with one attached hydrogen (secondary N) is 2. The third-order valence-corrected chi connectivity index (χ3v) is 4.96. The summed E-state index contributed by atoms with van der Waals surface area (Å²) in [5, 5.41) is 16.7. The number of ether oxygens (including phenoxy) is 3. The van der Waals surface area contributed by atoms with E-state index in [1.807, 2.05) is 0 Å². The number of amides is 1. The Bertz CT molecular complexity index is 998. The molecule has 3 aromatic rings. The second-order valence-corrected chi connectivity index (χ2v) is 7.27. The van der Waals surface area contributed by atoms with E-state index in [0.717, 1.165) is 25.0 Å². The monoisotopic (exact) mass is 443 g/mol. The standard InChI is InChI=1S/C21H22ClN5O4/c22-11-2-1-3-12-29-15-9-7-14(8-10-15)21(28)23-16-5-4-6-17-19(16)31-18(13-30-17)20-24-26-27-25-20/h4-10,18H,1-3,11-13H2,(H,23,28)(H,24,25,26,27). The van der Waals surface area contributed by atoms with Gasteiger partial charge in [-0.3, -0.25) is 4.79 Å². The van der Waals surface area contributed by atoms with Gasteiger partial charge in [-0.25, -0.2) is 0 Å². The molecule has 1 atom stereocenters. The third kappa shape index (κ3) is 5.24. The number of alkyl halides is 1. The van der Waals surface area contributed by atoms with Crippen molar-refractivity contribution in [2.24, 2.45) is 0 Å². The zero-order valence-electron chi connectivity index (χ0n) is 16.7. The molecule has 2 aromatic carbocycles. The van der Waals surface area contributed by atoms with E-state index in [1.165, 1.54) is 0 Å². The summed E-state index contributed by atoms with van der Waals surface area (Å²) in [5.41, 5.74) is 0.994. The van der Waals surface area contributed by atoms with Crippen LogP contribution in [0.4, 0.5) is 5.69 Å². The van der Waals surface area contributed by atoms with Gasteiger partial charge in [-0.2, -0.15) is 5.21 Å². The van der Waals surface area contributed by atoms with Crippen LogP contribution in [0.2, 0.25) is 0 Å². The highest BCUT2D eigenvalue weighted by molar-refractivity contribution is 6.17. The van der Waals surface area contributed by atoms with Gasteiger partial charge in [-0.05, 0) is 55.7 Å². The molecule has 9 nitrogen and oxygen atoms in total. The Labute approximate surface area is 184 Å². The van der Waals surface area contributed by atoms with Gasteiger partial charge in [0.15, 0.2) is 17.6 Å². The Balaban J connectivity index is 1.39. The zero-order chi connectivity index (χ0) is 21.5. The summed E-state index contributed by atoms with van der Waals surface area (Å²) in [6, 6.07) is 12.3. The van der Waals surface area contributed by atoms with Gasteiger partial charge in [-0.15, -0.1) is 21.8 Å². The van der Waals surface area contributed by atoms with Gasteiger partial charge in [0.25, 0.3) is 5.91 Å². The van der Waals surface area contributed by atoms with Crippen LogP contribution in [-0.2, 0) is 0 Å². The molecule has 0 saturated carbocycles. The first-order valence-electron chi connectivity index (χ1n) is 10.0. The minimum atomic E-state index is -0.523. The highest BCUT2D eigenvalue weighted by Gasteiger charge is 2.28. The molecule has 1 aliphatic rings. The first kappa shape index (κ1) is 20.9. The van der Waals surface area contributed by atoms with Crippen molar-refractivity contribution in [2.75, 3.05) is 24.4 Å². The van der Waals surface area contributed by atoms with Crippen molar-refractivity contribution < 1.29 is 19.0 Å². The fourth-order valence-corrected chi connectivity index (χ4v) is 3.27. The van der Waals surface area contributed by atoms with Gasteiger partial charge in [-0.1, -0.05) is 11.3 Å². The van der Waals surface area contributed by atoms with Gasteiger partial charge in [0, 0.05) is 11.4 Å². The second kappa shape index (κ2) is 10.1. The number of hydrogen-bond donors (Lipinski definition) is 2. The lowest BCUT2D eigenvalue weighted by molar-refractivity contribution is 0.0856. The van der Waals surface area contributed by atoms with E-state index in [2.05, 4.69) is 25.9 Å². The highest BCUT2D eigenvalue weighted by Crippen LogP contribution is 2.41. The van der Waals surface area contributed by atoms with Crippen molar-refractivity contribution in [1.29, 1.82) is 0 Å². The second-order valence-electron chi connectivity index (χ2n) is 6.90. The number of aromatic nitrogens is 4. The van der Waals surface area contributed by atoms with Crippen molar-refractivity contribution in [3.8, 4) is 17.2 Å². The Morgan fingerprint density at radius 1 is 1.19 bits per heavy atom. The van der Waals surface area contributed by atoms with E-state index in [4.69, 9.17) is 25.8 Å². The van der Waals surface area contributed by atoms with E-state index in [1.54, 1.807) is 42.5 Å². The van der Waals surface area contributed by atoms with Crippen LogP contribution in [0.5, 0.6) is 17.2 Å². The molecule has 1 unspecified atom stereocenters. The third-order valence-electron chi connectivity index (χ3n) is 4.69. The molecule has 1 amide bonds. The number of tetrazole rings is 1. The Kier molecular flexibility index (Phi) is 6.83. The maximum Gasteiger partial charge on any atom is 0.255 e. The van der Waals surface area contributed by atoms with Crippen LogP contribution >= 0.6 is 11.6 Å². The van der Waals surface area contributed by atoms with Gasteiger partial charge < -0.3 is 19.5 Å². The number of unbranched alkanes of at least 4 members (excludes halogenated alkanes) is 2. The number of aromatic amines is 1. The molecule has 0 spiro atoms. The number of para-hydroxylation sites is 1. The predicted molar refractivity (Wildman–Crippen MR) is 114 cm³/mol. The molecule has 0 radical (unpaired) electrons. The number of rotatable bonds is 9. The van der Waals surface area contributed by atoms with Crippen molar-refractivity contribution >= 4 is 23.2 Å². The number of carbonyl (C=O) groups is 1. The molecule has 162 valence electrons. The quantitative estimate of drug-likeness (QED) is 0.382. The molecule has 2 N–H and O–H groups in total. The normalized spacial score (nSPS) is 14.8. The van der Waals surface area contributed by atoms with Crippen LogP contribution in [0.3, 0.4) is 0 Å². The minimum absolute atomic E-state index is 0.247. The van der Waals surface area contributed by atoms with Crippen LogP contribution in [0.25, 0.3) is 0 Å². The summed E-state index contributed by atoms with van der Waals surface area (Å²) in [4.78, 5) is 12.8. The van der Waals surface area contributed by atoms with Crippen LogP contribution in [-0.4, -0.2) is 45.6 Å². The summed E-state index contributed by atoms with van der Waals surface area (Å²) >= 11 is 5.67. The number of anilines is 1. The number of H-pyrrole nitrogens is 1. The zero-order valence-corrected chi connectivity index (χ0v) is 17.5. The first-order chi connectivity index (χ1) is 15.2. The maximum absolute atomic E-state index is 12.8. The number of carbonyl (C=O) groups excluding carboxylic acids is 1. The average molecular weight is 444 g/mol. The molecule has 0 fully saturated rings. The van der Waals surface area contributed by atoms with Crippen LogP contribution < -0.4 is 19.5 Å². The van der Waals surface area contributed by atoms with Gasteiger partial charge >= 0.3 is 0 Å². The topological polar surface area (TPSA) is 111 Å². The van der Waals surface area contributed by atoms with Gasteiger partial charge in [0.1, 0.15) is 12.4 Å². The molecule has 1 aromatic heterocycles. The Morgan fingerprint density at radius 2 is 2.06 bits per heavy atom. The van der Waals surface area contributed by atoms with Crippen LogP contribution in [0.1, 0.15) is 41.5 Å². The lowest BCUT2D eigenvalue weighted by Crippen LogP contribution is -2.24. The van der Waals surface area contributed by atoms with E-state index in [-0.39, 0.29) is 12.5 Å². The minimum Gasteiger partial charge on any atom is -0.494 e. The molecule has 10 heteroatoms. The molecule has 2 heterocycles. The number of benzene rings is 2. The van der Waals surface area contributed by atoms with Crippen molar-refractivity contribution in [3.63, 3.8) is 0 Å². The number of fused-ring (bicyclic) bond motifs is 1. The summed E-state index contributed by atoms with van der Waals surface area (Å²) in [7, 11) is 0. The summed E-state index contributed by atoms with van der Waals surface area (Å²) in [5.74, 6) is 2.46. The molecule has 4 rings (SSSR count). The van der Waals surface area contributed by atoms with E-state index < -0.39 is 6.10 Å². The number of halogens is 1. The van der Waals surface area contributed by atoms with E-state index >= 15 is 0 Å². The van der Waals surface area contributed by atoms with Crippen LogP contribution in [0, 0.1) is 0 Å². The van der Waals surface area contributed by atoms with E-state index in [0.29, 0.717) is 41.1 Å². The van der Waals surface area contributed by atoms with Crippen molar-refractivity contribution in [3.05, 3.63) is 53.9 Å².